The van der Waals surface area contributed by atoms with E-state index in [1.807, 2.05) is 57.2 Å². The van der Waals surface area contributed by atoms with Gasteiger partial charge in [-0.2, -0.15) is 0 Å². The van der Waals surface area contributed by atoms with Crippen molar-refractivity contribution in [3.8, 4) is 0 Å². The number of hydrogen-bond acceptors (Lipinski definition) is 2. The van der Waals surface area contributed by atoms with Gasteiger partial charge in [-0.15, -0.1) is 0 Å². The topological polar surface area (TPSA) is 46.2 Å². The Kier molecular flexibility index (Phi) is 5.50. The Bertz CT molecular complexity index is 751. The van der Waals surface area contributed by atoms with Crippen LogP contribution in [-0.4, -0.2) is 15.0 Å². The second kappa shape index (κ2) is 7.04. The molecule has 0 atom stereocenters. The molecule has 23 heavy (non-hydrogen) atoms. The quantitative estimate of drug-likeness (QED) is 0.849. The first kappa shape index (κ1) is 18.0. The molecule has 0 radical (unpaired) electrons. The van der Waals surface area contributed by atoms with Crippen molar-refractivity contribution in [3.63, 3.8) is 0 Å². The molecule has 1 N–H and O–H groups in total. The number of benzene rings is 2. The second-order valence-corrected chi connectivity index (χ2v) is 8.42. The SMILES string of the molecule is CCc1ccc(S(=O)(=O)NCC(C)(C)c2ccc(Cl)cc2)cc1. The van der Waals surface area contributed by atoms with Gasteiger partial charge in [0.2, 0.25) is 10.0 Å². The molecule has 0 aromatic heterocycles. The fourth-order valence-electron chi connectivity index (χ4n) is 2.27. The fourth-order valence-corrected chi connectivity index (χ4v) is 3.60. The second-order valence-electron chi connectivity index (χ2n) is 6.21. The van der Waals surface area contributed by atoms with Crippen molar-refractivity contribution in [2.45, 2.75) is 37.5 Å². The van der Waals surface area contributed by atoms with Crippen LogP contribution in [0.1, 0.15) is 31.9 Å². The standard InChI is InChI=1S/C18H22ClNO2S/c1-4-14-5-11-17(12-6-14)23(21,22)20-13-18(2,3)15-7-9-16(19)10-8-15/h5-12,20H,4,13H2,1-3H3. The van der Waals surface area contributed by atoms with E-state index in [1.165, 1.54) is 0 Å². The maximum Gasteiger partial charge on any atom is 0.240 e. The summed E-state index contributed by atoms with van der Waals surface area (Å²) in [5, 5.41) is 0.668. The van der Waals surface area contributed by atoms with E-state index >= 15 is 0 Å². The first-order valence-electron chi connectivity index (χ1n) is 7.59. The molecule has 5 heteroatoms. The molecule has 0 unspecified atom stereocenters. The molecule has 0 saturated carbocycles. The van der Waals surface area contributed by atoms with Crippen LogP contribution in [0.5, 0.6) is 0 Å². The Hall–Kier alpha value is -1.36. The van der Waals surface area contributed by atoms with Gasteiger partial charge in [0, 0.05) is 17.0 Å². The van der Waals surface area contributed by atoms with Gasteiger partial charge in [-0.1, -0.05) is 56.6 Å². The highest BCUT2D eigenvalue weighted by atomic mass is 35.5. The van der Waals surface area contributed by atoms with Crippen molar-refractivity contribution in [1.82, 2.24) is 4.72 Å². The van der Waals surface area contributed by atoms with Gasteiger partial charge < -0.3 is 0 Å². The highest BCUT2D eigenvalue weighted by Gasteiger charge is 2.24. The van der Waals surface area contributed by atoms with E-state index in [-0.39, 0.29) is 5.41 Å². The first-order chi connectivity index (χ1) is 10.7. The first-order valence-corrected chi connectivity index (χ1v) is 9.45. The summed E-state index contributed by atoms with van der Waals surface area (Å²) in [6, 6.07) is 14.5. The van der Waals surface area contributed by atoms with Crippen LogP contribution in [0, 0.1) is 0 Å². The van der Waals surface area contributed by atoms with Crippen molar-refractivity contribution < 1.29 is 8.42 Å². The van der Waals surface area contributed by atoms with Gasteiger partial charge >= 0.3 is 0 Å². The molecule has 0 heterocycles. The van der Waals surface area contributed by atoms with E-state index in [0.717, 1.165) is 17.5 Å². The van der Waals surface area contributed by atoms with Gasteiger partial charge in [-0.3, -0.25) is 0 Å². The zero-order valence-electron chi connectivity index (χ0n) is 13.6. The van der Waals surface area contributed by atoms with Crippen LogP contribution in [0.2, 0.25) is 5.02 Å². The number of nitrogens with one attached hydrogen (secondary N) is 1. The molecule has 0 aliphatic carbocycles. The van der Waals surface area contributed by atoms with Gasteiger partial charge in [0.05, 0.1) is 4.90 Å². The van der Waals surface area contributed by atoms with Crippen molar-refractivity contribution in [2.75, 3.05) is 6.54 Å². The molecule has 0 bridgehead atoms. The summed E-state index contributed by atoms with van der Waals surface area (Å²) < 4.78 is 27.6. The lowest BCUT2D eigenvalue weighted by molar-refractivity contribution is 0.501. The molecule has 2 aromatic rings. The highest BCUT2D eigenvalue weighted by Crippen LogP contribution is 2.24. The summed E-state index contributed by atoms with van der Waals surface area (Å²) in [4.78, 5) is 0.293. The number of hydrogen-bond donors (Lipinski definition) is 1. The van der Waals surface area contributed by atoms with Crippen LogP contribution in [0.25, 0.3) is 0 Å². The van der Waals surface area contributed by atoms with E-state index in [4.69, 9.17) is 11.6 Å². The molecule has 2 rings (SSSR count). The Morgan fingerprint density at radius 3 is 2.09 bits per heavy atom. The minimum Gasteiger partial charge on any atom is -0.210 e. The largest absolute Gasteiger partial charge is 0.240 e. The van der Waals surface area contributed by atoms with Gasteiger partial charge in [-0.25, -0.2) is 13.1 Å². The van der Waals surface area contributed by atoms with Crippen molar-refractivity contribution in [3.05, 3.63) is 64.7 Å². The van der Waals surface area contributed by atoms with Gasteiger partial charge in [0.1, 0.15) is 0 Å². The molecule has 124 valence electrons. The predicted molar refractivity (Wildman–Crippen MR) is 95.5 cm³/mol. The maximum absolute atomic E-state index is 12.4. The normalized spacial score (nSPS) is 12.3. The average molecular weight is 352 g/mol. The molecule has 0 fully saturated rings. The van der Waals surface area contributed by atoms with E-state index in [2.05, 4.69) is 4.72 Å². The lowest BCUT2D eigenvalue weighted by atomic mass is 9.85. The lowest BCUT2D eigenvalue weighted by Gasteiger charge is -2.25. The molecule has 0 spiro atoms. The molecular formula is C18H22ClNO2S. The zero-order valence-corrected chi connectivity index (χ0v) is 15.2. The molecule has 0 amide bonds. The van der Waals surface area contributed by atoms with E-state index in [1.54, 1.807) is 12.1 Å². The predicted octanol–water partition coefficient (Wildman–Crippen LogP) is 4.16. The molecule has 0 aliphatic rings. The Balaban J connectivity index is 2.12. The van der Waals surface area contributed by atoms with Gasteiger partial charge in [-0.05, 0) is 41.8 Å². The molecule has 3 nitrogen and oxygen atoms in total. The van der Waals surface area contributed by atoms with Crippen LogP contribution in [0.3, 0.4) is 0 Å². The monoisotopic (exact) mass is 351 g/mol. The summed E-state index contributed by atoms with van der Waals surface area (Å²) in [5.74, 6) is 0. The Labute approximate surface area is 143 Å². The van der Waals surface area contributed by atoms with E-state index < -0.39 is 10.0 Å². The van der Waals surface area contributed by atoms with Crippen molar-refractivity contribution >= 4 is 21.6 Å². The molecule has 0 aliphatic heterocycles. The van der Waals surface area contributed by atoms with Crippen LogP contribution < -0.4 is 4.72 Å². The summed E-state index contributed by atoms with van der Waals surface area (Å²) >= 11 is 5.90. The Morgan fingerprint density at radius 2 is 1.57 bits per heavy atom. The third-order valence-corrected chi connectivity index (χ3v) is 5.64. The highest BCUT2D eigenvalue weighted by molar-refractivity contribution is 7.89. The molecular weight excluding hydrogens is 330 g/mol. The number of sulfonamides is 1. The van der Waals surface area contributed by atoms with Crippen molar-refractivity contribution in [1.29, 1.82) is 0 Å². The van der Waals surface area contributed by atoms with Gasteiger partial charge in [0.25, 0.3) is 0 Å². The number of rotatable bonds is 6. The molecule has 2 aromatic carbocycles. The minimum atomic E-state index is -3.51. The maximum atomic E-state index is 12.4. The number of halogens is 1. The molecule has 0 saturated heterocycles. The van der Waals surface area contributed by atoms with Crippen LogP contribution in [0.4, 0.5) is 0 Å². The summed E-state index contributed by atoms with van der Waals surface area (Å²) in [6.45, 7) is 6.35. The lowest BCUT2D eigenvalue weighted by Crippen LogP contribution is -2.36. The van der Waals surface area contributed by atoms with Crippen LogP contribution >= 0.6 is 11.6 Å². The smallest absolute Gasteiger partial charge is 0.210 e. The summed E-state index contributed by atoms with van der Waals surface area (Å²) in [6.07, 6.45) is 0.886. The zero-order chi connectivity index (χ0) is 17.1. The fraction of sp³-hybridized carbons (Fsp3) is 0.333. The van der Waals surface area contributed by atoms with Gasteiger partial charge in [0.15, 0.2) is 0 Å². The third-order valence-electron chi connectivity index (χ3n) is 3.97. The third kappa shape index (κ3) is 4.56. The summed E-state index contributed by atoms with van der Waals surface area (Å²) in [7, 11) is -3.51. The number of aryl methyl sites for hydroxylation is 1. The van der Waals surface area contributed by atoms with E-state index in [9.17, 15) is 8.42 Å². The van der Waals surface area contributed by atoms with E-state index in [0.29, 0.717) is 16.5 Å². The van der Waals surface area contributed by atoms with Crippen LogP contribution in [-0.2, 0) is 21.9 Å². The Morgan fingerprint density at radius 1 is 1.00 bits per heavy atom. The average Bonchev–Trinajstić information content (AvgIpc) is 2.54. The van der Waals surface area contributed by atoms with Crippen LogP contribution in [0.15, 0.2) is 53.4 Å². The van der Waals surface area contributed by atoms with Crippen molar-refractivity contribution in [2.24, 2.45) is 0 Å². The minimum absolute atomic E-state index is 0.293. The summed E-state index contributed by atoms with van der Waals surface area (Å²) in [5.41, 5.74) is 1.82.